The van der Waals surface area contributed by atoms with Gasteiger partial charge in [0.15, 0.2) is 0 Å². The second-order valence-corrected chi connectivity index (χ2v) is 6.13. The highest BCUT2D eigenvalue weighted by atomic mass is 16.5. The Labute approximate surface area is 155 Å². The molecule has 0 radical (unpaired) electrons. The first-order valence-corrected chi connectivity index (χ1v) is 9.26. The molecule has 0 aliphatic rings. The number of amides is 1. The predicted molar refractivity (Wildman–Crippen MR) is 105 cm³/mol. The van der Waals surface area contributed by atoms with E-state index in [1.54, 1.807) is 24.5 Å². The minimum Gasteiger partial charge on any atom is -0.494 e. The highest BCUT2D eigenvalue weighted by molar-refractivity contribution is 5.94. The summed E-state index contributed by atoms with van der Waals surface area (Å²) in [5, 5.41) is 3.97. The Morgan fingerprint density at radius 2 is 1.88 bits per heavy atom. The maximum absolute atomic E-state index is 11.8. The van der Waals surface area contributed by atoms with Gasteiger partial charge in [-0.1, -0.05) is 39.0 Å². The smallest absolute Gasteiger partial charge is 0.272 e. The van der Waals surface area contributed by atoms with Gasteiger partial charge in [-0.25, -0.2) is 5.43 Å². The normalized spacial score (nSPS) is 10.8. The molecule has 26 heavy (non-hydrogen) atoms. The molecule has 0 aliphatic heterocycles. The van der Waals surface area contributed by atoms with E-state index in [1.807, 2.05) is 24.3 Å². The van der Waals surface area contributed by atoms with E-state index in [0.717, 1.165) is 24.3 Å². The van der Waals surface area contributed by atoms with Gasteiger partial charge in [-0.05, 0) is 48.4 Å². The van der Waals surface area contributed by atoms with Gasteiger partial charge in [0, 0.05) is 12.4 Å². The van der Waals surface area contributed by atoms with Crippen molar-refractivity contribution in [3.05, 3.63) is 59.9 Å². The average molecular weight is 353 g/mol. The molecule has 1 aromatic heterocycles. The van der Waals surface area contributed by atoms with Crippen molar-refractivity contribution >= 4 is 12.1 Å². The van der Waals surface area contributed by atoms with Crippen LogP contribution in [0.15, 0.2) is 53.9 Å². The van der Waals surface area contributed by atoms with E-state index < -0.39 is 0 Å². The summed E-state index contributed by atoms with van der Waals surface area (Å²) in [7, 11) is 0. The average Bonchev–Trinajstić information content (AvgIpc) is 2.69. The van der Waals surface area contributed by atoms with E-state index in [9.17, 15) is 4.79 Å². The van der Waals surface area contributed by atoms with E-state index in [4.69, 9.17) is 4.74 Å². The number of nitrogens with zero attached hydrogens (tertiary/aromatic N) is 2. The summed E-state index contributed by atoms with van der Waals surface area (Å²) in [5.41, 5.74) is 3.85. The lowest BCUT2D eigenvalue weighted by Gasteiger charge is -2.06. The van der Waals surface area contributed by atoms with Crippen LogP contribution in [0.3, 0.4) is 0 Å². The number of carbonyl (C=O) groups is 1. The lowest BCUT2D eigenvalue weighted by molar-refractivity contribution is 0.0955. The third-order valence-corrected chi connectivity index (χ3v) is 3.95. The number of hydrogen-bond donors (Lipinski definition) is 1. The molecule has 0 unspecified atom stereocenters. The van der Waals surface area contributed by atoms with Crippen molar-refractivity contribution in [3.63, 3.8) is 0 Å². The van der Waals surface area contributed by atoms with Crippen LogP contribution >= 0.6 is 0 Å². The van der Waals surface area contributed by atoms with Crippen molar-refractivity contribution in [2.75, 3.05) is 6.61 Å². The number of rotatable bonds is 11. The zero-order valence-electron chi connectivity index (χ0n) is 15.4. The number of aromatic nitrogens is 1. The third kappa shape index (κ3) is 7.47. The fourth-order valence-electron chi connectivity index (χ4n) is 2.45. The summed E-state index contributed by atoms with van der Waals surface area (Å²) < 4.78 is 5.75. The molecule has 2 aromatic rings. The molecule has 2 rings (SSSR count). The van der Waals surface area contributed by atoms with E-state index in [2.05, 4.69) is 22.4 Å². The van der Waals surface area contributed by atoms with Crippen LogP contribution in [0.5, 0.6) is 5.75 Å². The summed E-state index contributed by atoms with van der Waals surface area (Å²) in [6, 6.07) is 11.1. The Bertz CT molecular complexity index is 669. The van der Waals surface area contributed by atoms with Gasteiger partial charge >= 0.3 is 0 Å². The summed E-state index contributed by atoms with van der Waals surface area (Å²) in [5.74, 6) is 0.573. The van der Waals surface area contributed by atoms with Gasteiger partial charge in [0.05, 0.1) is 18.4 Å². The van der Waals surface area contributed by atoms with Gasteiger partial charge in [-0.2, -0.15) is 5.10 Å². The number of hydrazone groups is 1. The number of nitrogens with one attached hydrogen (secondary N) is 1. The molecular formula is C21H27N3O2. The van der Waals surface area contributed by atoms with Crippen LogP contribution in [0.4, 0.5) is 0 Å². The van der Waals surface area contributed by atoms with Crippen LogP contribution in [0.1, 0.15) is 61.4 Å². The Kier molecular flexibility index (Phi) is 8.90. The number of ether oxygens (including phenoxy) is 1. The monoisotopic (exact) mass is 353 g/mol. The molecule has 0 saturated heterocycles. The number of unbranched alkanes of at least 4 members (excludes halogenated alkanes) is 5. The number of carbonyl (C=O) groups excluding carboxylic acids is 1. The molecule has 0 bridgehead atoms. The van der Waals surface area contributed by atoms with Crippen LogP contribution in [-0.2, 0) is 0 Å². The van der Waals surface area contributed by atoms with Gasteiger partial charge in [0.1, 0.15) is 5.75 Å². The van der Waals surface area contributed by atoms with Gasteiger partial charge in [-0.15, -0.1) is 0 Å². The summed E-state index contributed by atoms with van der Waals surface area (Å²) >= 11 is 0. The molecule has 0 fully saturated rings. The van der Waals surface area contributed by atoms with E-state index in [1.165, 1.54) is 38.3 Å². The Hall–Kier alpha value is -2.69. The first-order valence-electron chi connectivity index (χ1n) is 9.26. The Morgan fingerprint density at radius 3 is 2.62 bits per heavy atom. The van der Waals surface area contributed by atoms with Gasteiger partial charge in [-0.3, -0.25) is 9.78 Å². The molecule has 138 valence electrons. The molecule has 0 aliphatic carbocycles. The van der Waals surface area contributed by atoms with Gasteiger partial charge in [0.25, 0.3) is 5.91 Å². The third-order valence-electron chi connectivity index (χ3n) is 3.95. The summed E-state index contributed by atoms with van der Waals surface area (Å²) in [4.78, 5) is 15.7. The first kappa shape index (κ1) is 19.6. The Balaban J connectivity index is 1.67. The number of benzene rings is 1. The maximum Gasteiger partial charge on any atom is 0.272 e. The number of pyridine rings is 1. The van der Waals surface area contributed by atoms with Gasteiger partial charge in [0.2, 0.25) is 0 Å². The summed E-state index contributed by atoms with van der Waals surface area (Å²) in [6.07, 6.45) is 12.3. The van der Waals surface area contributed by atoms with Crippen molar-refractivity contribution in [2.45, 2.75) is 45.4 Å². The van der Waals surface area contributed by atoms with E-state index in [0.29, 0.717) is 5.56 Å². The molecule has 5 heteroatoms. The largest absolute Gasteiger partial charge is 0.494 e. The second kappa shape index (κ2) is 11.8. The van der Waals surface area contributed by atoms with Crippen molar-refractivity contribution in [1.29, 1.82) is 0 Å². The fraction of sp³-hybridized carbons (Fsp3) is 0.381. The lowest BCUT2D eigenvalue weighted by atomic mass is 10.1. The van der Waals surface area contributed by atoms with Gasteiger partial charge < -0.3 is 4.74 Å². The van der Waals surface area contributed by atoms with E-state index >= 15 is 0 Å². The molecular weight excluding hydrogens is 326 g/mol. The first-order chi connectivity index (χ1) is 12.8. The minimum atomic E-state index is -0.284. The molecule has 0 saturated carbocycles. The van der Waals surface area contributed by atoms with Crippen molar-refractivity contribution in [2.24, 2.45) is 5.10 Å². The molecule has 1 N–H and O–H groups in total. The van der Waals surface area contributed by atoms with Crippen molar-refractivity contribution in [3.8, 4) is 5.75 Å². The van der Waals surface area contributed by atoms with E-state index in [-0.39, 0.29) is 5.91 Å². The van der Waals surface area contributed by atoms with Crippen LogP contribution in [0.2, 0.25) is 0 Å². The van der Waals surface area contributed by atoms with Crippen molar-refractivity contribution < 1.29 is 9.53 Å². The summed E-state index contributed by atoms with van der Waals surface area (Å²) in [6.45, 7) is 2.98. The maximum atomic E-state index is 11.8. The highest BCUT2D eigenvalue weighted by Crippen LogP contribution is 2.12. The molecule has 1 amide bonds. The molecule has 1 aromatic carbocycles. The predicted octanol–water partition coefficient (Wildman–Crippen LogP) is 4.58. The molecule has 5 nitrogen and oxygen atoms in total. The van der Waals surface area contributed by atoms with Crippen LogP contribution in [0.25, 0.3) is 0 Å². The fourth-order valence-corrected chi connectivity index (χ4v) is 2.45. The van der Waals surface area contributed by atoms with Crippen molar-refractivity contribution in [1.82, 2.24) is 10.4 Å². The van der Waals surface area contributed by atoms with Crippen LogP contribution in [-0.4, -0.2) is 23.7 Å². The minimum absolute atomic E-state index is 0.284. The topological polar surface area (TPSA) is 63.6 Å². The number of hydrogen-bond acceptors (Lipinski definition) is 4. The van der Waals surface area contributed by atoms with Crippen LogP contribution < -0.4 is 10.2 Å². The molecule has 0 atom stereocenters. The molecule has 1 heterocycles. The quantitative estimate of drug-likeness (QED) is 0.365. The highest BCUT2D eigenvalue weighted by Gasteiger charge is 2.02. The second-order valence-electron chi connectivity index (χ2n) is 6.13. The molecule has 0 spiro atoms. The SMILES string of the molecule is CCCCCCCCOc1ccc(/C=N/NC(=O)c2cccnc2)cc1. The van der Waals surface area contributed by atoms with Crippen LogP contribution in [0, 0.1) is 0 Å². The Morgan fingerprint density at radius 1 is 1.12 bits per heavy atom. The zero-order chi connectivity index (χ0) is 18.5. The zero-order valence-corrected chi connectivity index (χ0v) is 15.4. The lowest BCUT2D eigenvalue weighted by Crippen LogP contribution is -2.17. The standard InChI is InChI=1S/C21H27N3O2/c1-2-3-4-5-6-7-15-26-20-12-10-18(11-13-20)16-23-24-21(25)19-9-8-14-22-17-19/h8-14,16-17H,2-7,15H2,1H3,(H,24,25)/b23-16+.